The van der Waals surface area contributed by atoms with Gasteiger partial charge in [0.25, 0.3) is 0 Å². The van der Waals surface area contributed by atoms with Crippen molar-refractivity contribution in [2.75, 3.05) is 0 Å². The molecule has 0 fully saturated rings. The van der Waals surface area contributed by atoms with E-state index in [1.54, 1.807) is 6.26 Å². The lowest BCUT2D eigenvalue weighted by molar-refractivity contribution is 0.569. The van der Waals surface area contributed by atoms with Crippen molar-refractivity contribution < 1.29 is 4.42 Å². The molecule has 0 atom stereocenters. The smallest absolute Gasteiger partial charge is 0.177 e. The van der Waals surface area contributed by atoms with Crippen LogP contribution in [0.5, 0.6) is 0 Å². The third-order valence-corrected chi connectivity index (χ3v) is 3.86. The molecule has 3 heteroatoms. The van der Waals surface area contributed by atoms with Crippen molar-refractivity contribution >= 4 is 11.0 Å². The van der Waals surface area contributed by atoms with Gasteiger partial charge in [-0.3, -0.25) is 0 Å². The second-order valence-electron chi connectivity index (χ2n) is 5.29. The topological polar surface area (TPSA) is 31.0 Å². The number of fused-ring (bicyclic) bond motifs is 1. The second-order valence-corrected chi connectivity index (χ2v) is 5.29. The average molecular weight is 288 g/mol. The monoisotopic (exact) mass is 288 g/mol. The van der Waals surface area contributed by atoms with Crippen LogP contribution < -0.4 is 0 Å². The van der Waals surface area contributed by atoms with Crippen molar-refractivity contribution in [3.05, 3.63) is 78.6 Å². The Labute approximate surface area is 128 Å². The normalized spacial score (nSPS) is 11.1. The first-order valence-corrected chi connectivity index (χ1v) is 7.45. The number of rotatable bonds is 4. The summed E-state index contributed by atoms with van der Waals surface area (Å²) in [6.07, 6.45) is 2.66. The molecule has 4 rings (SSSR count). The fourth-order valence-electron chi connectivity index (χ4n) is 2.78. The fraction of sp³-hybridized carbons (Fsp3) is 0.105. The number of furan rings is 1. The van der Waals surface area contributed by atoms with E-state index in [2.05, 4.69) is 41.0 Å². The van der Waals surface area contributed by atoms with Crippen LogP contribution in [0.2, 0.25) is 0 Å². The van der Waals surface area contributed by atoms with E-state index in [-0.39, 0.29) is 0 Å². The summed E-state index contributed by atoms with van der Waals surface area (Å²) in [5.74, 6) is 1.70. The van der Waals surface area contributed by atoms with Crippen LogP contribution in [0, 0.1) is 0 Å². The van der Waals surface area contributed by atoms with Gasteiger partial charge in [0.15, 0.2) is 11.6 Å². The van der Waals surface area contributed by atoms with Gasteiger partial charge in [-0.15, -0.1) is 0 Å². The number of hydrogen-bond donors (Lipinski definition) is 0. The number of aryl methyl sites for hydroxylation is 2. The molecule has 4 aromatic rings. The summed E-state index contributed by atoms with van der Waals surface area (Å²) in [7, 11) is 0. The predicted molar refractivity (Wildman–Crippen MR) is 87.6 cm³/mol. The maximum atomic E-state index is 5.56. The van der Waals surface area contributed by atoms with E-state index in [4.69, 9.17) is 9.40 Å². The molecule has 0 bridgehead atoms. The lowest BCUT2D eigenvalue weighted by atomic mass is 10.1. The molecule has 0 unspecified atom stereocenters. The molecule has 0 aliphatic heterocycles. The minimum Gasteiger partial charge on any atom is -0.461 e. The Kier molecular flexibility index (Phi) is 3.24. The summed E-state index contributed by atoms with van der Waals surface area (Å²) >= 11 is 0. The molecule has 2 aromatic carbocycles. The maximum Gasteiger partial charge on any atom is 0.177 e. The summed E-state index contributed by atoms with van der Waals surface area (Å²) < 4.78 is 7.80. The minimum atomic E-state index is 0.810. The van der Waals surface area contributed by atoms with E-state index >= 15 is 0 Å². The Morgan fingerprint density at radius 2 is 1.68 bits per heavy atom. The first-order valence-electron chi connectivity index (χ1n) is 7.45. The van der Waals surface area contributed by atoms with Crippen molar-refractivity contribution in [2.24, 2.45) is 0 Å². The van der Waals surface area contributed by atoms with Gasteiger partial charge in [0.2, 0.25) is 0 Å². The van der Waals surface area contributed by atoms with Crippen LogP contribution in [0.4, 0.5) is 0 Å². The van der Waals surface area contributed by atoms with E-state index in [1.807, 2.05) is 30.3 Å². The zero-order valence-electron chi connectivity index (χ0n) is 12.1. The number of hydrogen-bond acceptors (Lipinski definition) is 2. The van der Waals surface area contributed by atoms with Gasteiger partial charge in [-0.05, 0) is 36.2 Å². The van der Waals surface area contributed by atoms with Crippen LogP contribution in [0.3, 0.4) is 0 Å². The Bertz CT molecular complexity index is 876. The lowest BCUT2D eigenvalue weighted by Crippen LogP contribution is -2.03. The van der Waals surface area contributed by atoms with Gasteiger partial charge < -0.3 is 8.98 Å². The molecule has 0 spiro atoms. The molecule has 0 saturated heterocycles. The molecule has 0 N–H and O–H groups in total. The van der Waals surface area contributed by atoms with Gasteiger partial charge in [0.1, 0.15) is 0 Å². The summed E-state index contributed by atoms with van der Waals surface area (Å²) in [5.41, 5.74) is 3.47. The van der Waals surface area contributed by atoms with Crippen molar-refractivity contribution in [3.8, 4) is 11.6 Å². The molecule has 0 aliphatic carbocycles. The molecule has 22 heavy (non-hydrogen) atoms. The molecule has 2 aromatic heterocycles. The van der Waals surface area contributed by atoms with Crippen molar-refractivity contribution in [2.45, 2.75) is 13.0 Å². The predicted octanol–water partition coefficient (Wildman–Crippen LogP) is 4.54. The molecular weight excluding hydrogens is 272 g/mol. The molecule has 0 saturated carbocycles. The molecule has 2 heterocycles. The zero-order valence-corrected chi connectivity index (χ0v) is 12.1. The van der Waals surface area contributed by atoms with Gasteiger partial charge >= 0.3 is 0 Å². The van der Waals surface area contributed by atoms with Gasteiger partial charge in [-0.25, -0.2) is 4.98 Å². The third kappa shape index (κ3) is 2.31. The standard InChI is InChI=1S/C19H16N2O/c1-2-7-15(8-3-1)12-13-21-17-10-5-4-9-16(17)20-19(21)18-11-6-14-22-18/h1-11,14H,12-13H2. The third-order valence-electron chi connectivity index (χ3n) is 3.86. The van der Waals surface area contributed by atoms with Crippen LogP contribution in [0.1, 0.15) is 5.56 Å². The average Bonchev–Trinajstić information content (AvgIpc) is 3.21. The molecule has 3 nitrogen and oxygen atoms in total. The Balaban J connectivity index is 1.76. The van der Waals surface area contributed by atoms with Crippen LogP contribution >= 0.6 is 0 Å². The number of nitrogens with zero attached hydrogens (tertiary/aromatic N) is 2. The van der Waals surface area contributed by atoms with E-state index in [1.165, 1.54) is 5.56 Å². The lowest BCUT2D eigenvalue weighted by Gasteiger charge is -2.08. The molecular formula is C19H16N2O. The Morgan fingerprint density at radius 1 is 0.864 bits per heavy atom. The highest BCUT2D eigenvalue weighted by Crippen LogP contribution is 2.25. The summed E-state index contributed by atoms with van der Waals surface area (Å²) in [4.78, 5) is 4.74. The largest absolute Gasteiger partial charge is 0.461 e. The van der Waals surface area contributed by atoms with Crippen LogP contribution in [-0.4, -0.2) is 9.55 Å². The van der Waals surface area contributed by atoms with E-state index in [0.29, 0.717) is 0 Å². The molecule has 108 valence electrons. The zero-order chi connectivity index (χ0) is 14.8. The van der Waals surface area contributed by atoms with E-state index < -0.39 is 0 Å². The van der Waals surface area contributed by atoms with Gasteiger partial charge in [-0.2, -0.15) is 0 Å². The highest BCUT2D eigenvalue weighted by atomic mass is 16.3. The first-order chi connectivity index (χ1) is 10.9. The van der Waals surface area contributed by atoms with Gasteiger partial charge in [0, 0.05) is 6.54 Å². The number of para-hydroxylation sites is 2. The maximum absolute atomic E-state index is 5.56. The van der Waals surface area contributed by atoms with E-state index in [0.717, 1.165) is 35.6 Å². The Morgan fingerprint density at radius 3 is 2.50 bits per heavy atom. The highest BCUT2D eigenvalue weighted by Gasteiger charge is 2.14. The van der Waals surface area contributed by atoms with Gasteiger partial charge in [-0.1, -0.05) is 42.5 Å². The number of benzene rings is 2. The minimum absolute atomic E-state index is 0.810. The fourth-order valence-corrected chi connectivity index (χ4v) is 2.78. The summed E-state index contributed by atoms with van der Waals surface area (Å²) in [5, 5.41) is 0. The molecule has 0 radical (unpaired) electrons. The van der Waals surface area contributed by atoms with Gasteiger partial charge in [0.05, 0.1) is 17.3 Å². The van der Waals surface area contributed by atoms with Crippen LogP contribution in [0.25, 0.3) is 22.6 Å². The van der Waals surface area contributed by atoms with Crippen molar-refractivity contribution in [1.29, 1.82) is 0 Å². The summed E-state index contributed by atoms with van der Waals surface area (Å²) in [6, 6.07) is 22.6. The highest BCUT2D eigenvalue weighted by molar-refractivity contribution is 5.79. The number of aromatic nitrogens is 2. The molecule has 0 aliphatic rings. The van der Waals surface area contributed by atoms with Crippen molar-refractivity contribution in [1.82, 2.24) is 9.55 Å². The van der Waals surface area contributed by atoms with Crippen LogP contribution in [-0.2, 0) is 13.0 Å². The Hall–Kier alpha value is -2.81. The van der Waals surface area contributed by atoms with Crippen LogP contribution in [0.15, 0.2) is 77.4 Å². The SMILES string of the molecule is c1ccc(CCn2c(-c3ccco3)nc3ccccc32)cc1. The van der Waals surface area contributed by atoms with E-state index in [9.17, 15) is 0 Å². The summed E-state index contributed by atoms with van der Waals surface area (Å²) in [6.45, 7) is 0.876. The second kappa shape index (κ2) is 5.53. The van der Waals surface area contributed by atoms with Crippen molar-refractivity contribution in [3.63, 3.8) is 0 Å². The first kappa shape index (κ1) is 12.9. The quantitative estimate of drug-likeness (QED) is 0.552. The molecule has 0 amide bonds. The number of imidazole rings is 1.